The Morgan fingerprint density at radius 2 is 2.12 bits per heavy atom. The van der Waals surface area contributed by atoms with Crippen LogP contribution in [0.5, 0.6) is 11.5 Å². The van der Waals surface area contributed by atoms with Crippen molar-refractivity contribution in [3.8, 4) is 11.5 Å². The first-order valence-electron chi connectivity index (χ1n) is 8.58. The molecular formula is C20H21N3O3. The number of aromatic amines is 1. The number of amides is 1. The van der Waals surface area contributed by atoms with Crippen LogP contribution in [0.4, 0.5) is 0 Å². The van der Waals surface area contributed by atoms with Gasteiger partial charge in [-0.05, 0) is 42.3 Å². The molecule has 0 spiro atoms. The molecule has 134 valence electrons. The number of methoxy groups -OCH3 is 2. The predicted molar refractivity (Wildman–Crippen MR) is 98.6 cm³/mol. The molecular weight excluding hydrogens is 330 g/mol. The molecule has 0 saturated heterocycles. The van der Waals surface area contributed by atoms with Gasteiger partial charge in [0.1, 0.15) is 23.2 Å². The van der Waals surface area contributed by atoms with Crippen LogP contribution in [0.2, 0.25) is 0 Å². The first kappa shape index (κ1) is 16.4. The first-order valence-corrected chi connectivity index (χ1v) is 8.58. The van der Waals surface area contributed by atoms with E-state index in [0.717, 1.165) is 40.2 Å². The summed E-state index contributed by atoms with van der Waals surface area (Å²) >= 11 is 0. The SMILES string of the molecule is COc1ccc(OC)c(C2c3[nH]c4ncccc4c3CCN2C(C)=O)c1. The number of pyridine rings is 1. The summed E-state index contributed by atoms with van der Waals surface area (Å²) in [4.78, 5) is 22.1. The molecule has 3 heterocycles. The van der Waals surface area contributed by atoms with Crippen molar-refractivity contribution in [3.05, 3.63) is 53.3 Å². The number of hydrogen-bond acceptors (Lipinski definition) is 4. The first-order chi connectivity index (χ1) is 12.6. The van der Waals surface area contributed by atoms with Gasteiger partial charge in [0.25, 0.3) is 0 Å². The number of rotatable bonds is 3. The van der Waals surface area contributed by atoms with Gasteiger partial charge in [0, 0.05) is 36.3 Å². The number of carbonyl (C=O) groups excluding carboxylic acids is 1. The van der Waals surface area contributed by atoms with E-state index in [2.05, 4.69) is 16.0 Å². The second-order valence-corrected chi connectivity index (χ2v) is 6.39. The minimum atomic E-state index is -0.268. The zero-order valence-electron chi connectivity index (χ0n) is 15.1. The largest absolute Gasteiger partial charge is 0.497 e. The summed E-state index contributed by atoms with van der Waals surface area (Å²) in [5, 5.41) is 1.11. The summed E-state index contributed by atoms with van der Waals surface area (Å²) in [7, 11) is 3.27. The smallest absolute Gasteiger partial charge is 0.220 e. The Hall–Kier alpha value is -3.02. The van der Waals surface area contributed by atoms with Gasteiger partial charge in [-0.2, -0.15) is 0 Å². The van der Waals surface area contributed by atoms with E-state index in [0.29, 0.717) is 6.54 Å². The van der Waals surface area contributed by atoms with Gasteiger partial charge in [0.15, 0.2) is 0 Å². The van der Waals surface area contributed by atoms with E-state index in [1.807, 2.05) is 29.2 Å². The highest BCUT2D eigenvalue weighted by molar-refractivity contribution is 5.83. The molecule has 0 radical (unpaired) electrons. The third-order valence-electron chi connectivity index (χ3n) is 5.03. The van der Waals surface area contributed by atoms with Gasteiger partial charge in [0.05, 0.1) is 14.2 Å². The zero-order chi connectivity index (χ0) is 18.3. The number of nitrogens with one attached hydrogen (secondary N) is 1. The lowest BCUT2D eigenvalue weighted by molar-refractivity contribution is -0.130. The van der Waals surface area contributed by atoms with Crippen molar-refractivity contribution in [2.45, 2.75) is 19.4 Å². The maximum Gasteiger partial charge on any atom is 0.220 e. The van der Waals surface area contributed by atoms with Crippen molar-refractivity contribution in [1.29, 1.82) is 0 Å². The number of nitrogens with zero attached hydrogens (tertiary/aromatic N) is 2. The van der Waals surface area contributed by atoms with E-state index in [1.54, 1.807) is 27.3 Å². The van der Waals surface area contributed by atoms with Crippen LogP contribution in [0.1, 0.15) is 29.8 Å². The number of benzene rings is 1. The van der Waals surface area contributed by atoms with E-state index in [-0.39, 0.29) is 11.9 Å². The van der Waals surface area contributed by atoms with Crippen LogP contribution in [-0.4, -0.2) is 41.5 Å². The molecule has 1 atom stereocenters. The second-order valence-electron chi connectivity index (χ2n) is 6.39. The van der Waals surface area contributed by atoms with Crippen LogP contribution < -0.4 is 9.47 Å². The fourth-order valence-electron chi connectivity index (χ4n) is 3.83. The molecule has 1 unspecified atom stereocenters. The fraction of sp³-hybridized carbons (Fsp3) is 0.300. The van der Waals surface area contributed by atoms with Crippen LogP contribution in [0.15, 0.2) is 36.5 Å². The molecule has 0 fully saturated rings. The summed E-state index contributed by atoms with van der Waals surface area (Å²) in [6, 6.07) is 9.41. The predicted octanol–water partition coefficient (Wildman–Crippen LogP) is 3.07. The van der Waals surface area contributed by atoms with Crippen molar-refractivity contribution in [3.63, 3.8) is 0 Å². The zero-order valence-corrected chi connectivity index (χ0v) is 15.1. The fourth-order valence-corrected chi connectivity index (χ4v) is 3.83. The summed E-state index contributed by atoms with van der Waals surface area (Å²) in [5.41, 5.74) is 3.94. The summed E-state index contributed by atoms with van der Waals surface area (Å²) in [6.07, 6.45) is 2.57. The average Bonchev–Trinajstić information content (AvgIpc) is 3.05. The number of ether oxygens (including phenoxy) is 2. The van der Waals surface area contributed by atoms with Crippen LogP contribution in [0, 0.1) is 0 Å². The molecule has 0 saturated carbocycles. The van der Waals surface area contributed by atoms with Gasteiger partial charge in [0.2, 0.25) is 5.91 Å². The molecule has 2 aromatic heterocycles. The van der Waals surface area contributed by atoms with Crippen molar-refractivity contribution in [1.82, 2.24) is 14.9 Å². The standard InChI is InChI=1S/C20H21N3O3/c1-12(24)23-10-8-14-15-5-4-9-21-20(15)22-18(14)19(23)16-11-13(25-2)6-7-17(16)26-3/h4-7,9,11,19H,8,10H2,1-3H3,(H,21,22). The van der Waals surface area contributed by atoms with E-state index in [4.69, 9.17) is 9.47 Å². The molecule has 1 aliphatic heterocycles. The molecule has 0 bridgehead atoms. The maximum absolute atomic E-state index is 12.4. The maximum atomic E-state index is 12.4. The Morgan fingerprint density at radius 3 is 2.85 bits per heavy atom. The monoisotopic (exact) mass is 351 g/mol. The van der Waals surface area contributed by atoms with E-state index in [1.165, 1.54) is 5.56 Å². The molecule has 6 heteroatoms. The van der Waals surface area contributed by atoms with Crippen molar-refractivity contribution < 1.29 is 14.3 Å². The topological polar surface area (TPSA) is 67.5 Å². The summed E-state index contributed by atoms with van der Waals surface area (Å²) in [5.74, 6) is 1.48. The molecule has 6 nitrogen and oxygen atoms in total. The molecule has 3 aromatic rings. The third kappa shape index (κ3) is 2.49. The molecule has 1 aliphatic rings. The van der Waals surface area contributed by atoms with Gasteiger partial charge in [-0.15, -0.1) is 0 Å². The average molecular weight is 351 g/mol. The van der Waals surface area contributed by atoms with Crippen molar-refractivity contribution in [2.24, 2.45) is 0 Å². The van der Waals surface area contributed by atoms with Gasteiger partial charge in [-0.25, -0.2) is 4.98 Å². The van der Waals surface area contributed by atoms with Gasteiger partial charge in [-0.3, -0.25) is 4.79 Å². The molecule has 1 amide bonds. The summed E-state index contributed by atoms with van der Waals surface area (Å²) < 4.78 is 11.0. The Balaban J connectivity index is 1.97. The van der Waals surface area contributed by atoms with Crippen LogP contribution in [0.25, 0.3) is 11.0 Å². The quantitative estimate of drug-likeness (QED) is 0.787. The van der Waals surface area contributed by atoms with Gasteiger partial charge < -0.3 is 19.4 Å². The van der Waals surface area contributed by atoms with Gasteiger partial charge >= 0.3 is 0 Å². The second kappa shape index (κ2) is 6.37. The lowest BCUT2D eigenvalue weighted by Gasteiger charge is -2.36. The van der Waals surface area contributed by atoms with Gasteiger partial charge in [-0.1, -0.05) is 0 Å². The lowest BCUT2D eigenvalue weighted by atomic mass is 9.91. The molecule has 0 aliphatic carbocycles. The highest BCUT2D eigenvalue weighted by Crippen LogP contribution is 2.42. The Morgan fingerprint density at radius 1 is 1.27 bits per heavy atom. The minimum absolute atomic E-state index is 0.0251. The number of fused-ring (bicyclic) bond motifs is 3. The number of hydrogen-bond donors (Lipinski definition) is 1. The lowest BCUT2D eigenvalue weighted by Crippen LogP contribution is -2.39. The van der Waals surface area contributed by atoms with Crippen LogP contribution in [-0.2, 0) is 11.2 Å². The summed E-state index contributed by atoms with van der Waals surface area (Å²) in [6.45, 7) is 2.25. The van der Waals surface area contributed by atoms with Crippen LogP contribution in [0.3, 0.4) is 0 Å². The Labute approximate surface area is 151 Å². The number of carbonyl (C=O) groups is 1. The number of H-pyrrole nitrogens is 1. The molecule has 1 N–H and O–H groups in total. The van der Waals surface area contributed by atoms with Crippen molar-refractivity contribution in [2.75, 3.05) is 20.8 Å². The molecule has 1 aromatic carbocycles. The molecule has 26 heavy (non-hydrogen) atoms. The Kier molecular flexibility index (Phi) is 4.03. The highest BCUT2D eigenvalue weighted by Gasteiger charge is 2.35. The minimum Gasteiger partial charge on any atom is -0.497 e. The third-order valence-corrected chi connectivity index (χ3v) is 5.03. The van der Waals surface area contributed by atoms with E-state index >= 15 is 0 Å². The highest BCUT2D eigenvalue weighted by atomic mass is 16.5. The Bertz CT molecular complexity index is 980. The van der Waals surface area contributed by atoms with Crippen LogP contribution >= 0.6 is 0 Å². The van der Waals surface area contributed by atoms with E-state index in [9.17, 15) is 4.79 Å². The number of aromatic nitrogens is 2. The van der Waals surface area contributed by atoms with E-state index < -0.39 is 0 Å². The van der Waals surface area contributed by atoms with Crippen molar-refractivity contribution >= 4 is 16.9 Å². The normalized spacial score (nSPS) is 16.4. The molecule has 4 rings (SSSR count).